The minimum atomic E-state index is -0.146. The summed E-state index contributed by atoms with van der Waals surface area (Å²) in [7, 11) is 0. The van der Waals surface area contributed by atoms with Crippen LogP contribution in [0.2, 0.25) is 0 Å². The van der Waals surface area contributed by atoms with Gasteiger partial charge < -0.3 is 10.4 Å². The predicted molar refractivity (Wildman–Crippen MR) is 84.2 cm³/mol. The maximum atomic E-state index is 12.1. The van der Waals surface area contributed by atoms with Gasteiger partial charge in [0, 0.05) is 16.1 Å². The first kappa shape index (κ1) is 14.6. The van der Waals surface area contributed by atoms with Gasteiger partial charge in [-0.3, -0.25) is 4.79 Å². The highest BCUT2D eigenvalue weighted by molar-refractivity contribution is 9.09. The van der Waals surface area contributed by atoms with Crippen LogP contribution in [0.3, 0.4) is 0 Å². The summed E-state index contributed by atoms with van der Waals surface area (Å²) >= 11 is 3.51. The predicted octanol–water partition coefficient (Wildman–Crippen LogP) is 4.03. The Kier molecular flexibility index (Phi) is 4.79. The molecular weight excluding hydrogens is 318 g/mol. The molecule has 0 saturated carbocycles. The summed E-state index contributed by atoms with van der Waals surface area (Å²) in [5, 5.41) is 12.6. The van der Waals surface area contributed by atoms with Gasteiger partial charge in [0.25, 0.3) is 0 Å². The van der Waals surface area contributed by atoms with E-state index in [1.165, 1.54) is 0 Å². The van der Waals surface area contributed by atoms with E-state index in [0.717, 1.165) is 11.3 Å². The van der Waals surface area contributed by atoms with E-state index in [-0.39, 0.29) is 22.9 Å². The summed E-state index contributed by atoms with van der Waals surface area (Å²) in [5.41, 5.74) is 2.44. The standard InChI is InChI=1S/C16H16BrNO2/c1-11(17)13-7-3-4-8-14(13)18-16(20)10-12-6-2-5-9-15(12)19/h2-9,11,19H,10H2,1H3,(H,18,20). The molecule has 0 radical (unpaired) electrons. The molecule has 1 atom stereocenters. The second-order valence-electron chi connectivity index (χ2n) is 4.56. The van der Waals surface area contributed by atoms with Crippen molar-refractivity contribution in [2.75, 3.05) is 5.32 Å². The fraction of sp³-hybridized carbons (Fsp3) is 0.188. The summed E-state index contributed by atoms with van der Waals surface area (Å²) in [6.07, 6.45) is 0.150. The van der Waals surface area contributed by atoms with E-state index in [4.69, 9.17) is 0 Å². The number of phenolic OH excluding ortho intramolecular Hbond substituents is 1. The van der Waals surface area contributed by atoms with Crippen LogP contribution in [0.1, 0.15) is 22.9 Å². The number of phenols is 1. The molecule has 104 valence electrons. The molecule has 3 nitrogen and oxygen atoms in total. The maximum Gasteiger partial charge on any atom is 0.228 e. The monoisotopic (exact) mass is 333 g/mol. The normalized spacial score (nSPS) is 11.9. The third kappa shape index (κ3) is 3.61. The van der Waals surface area contributed by atoms with Crippen LogP contribution >= 0.6 is 15.9 Å². The van der Waals surface area contributed by atoms with E-state index in [1.807, 2.05) is 31.2 Å². The minimum Gasteiger partial charge on any atom is -0.508 e. The van der Waals surface area contributed by atoms with Gasteiger partial charge in [-0.15, -0.1) is 0 Å². The Hall–Kier alpha value is -1.81. The summed E-state index contributed by atoms with van der Waals surface area (Å²) in [5.74, 6) is -0.00288. The molecule has 0 heterocycles. The molecule has 2 aromatic rings. The lowest BCUT2D eigenvalue weighted by atomic mass is 10.1. The van der Waals surface area contributed by atoms with Gasteiger partial charge >= 0.3 is 0 Å². The number of halogens is 1. The van der Waals surface area contributed by atoms with Crippen LogP contribution in [-0.4, -0.2) is 11.0 Å². The summed E-state index contributed by atoms with van der Waals surface area (Å²) in [6, 6.07) is 14.5. The number of carbonyl (C=O) groups is 1. The lowest BCUT2D eigenvalue weighted by Gasteiger charge is -2.13. The van der Waals surface area contributed by atoms with E-state index in [1.54, 1.807) is 24.3 Å². The van der Waals surface area contributed by atoms with E-state index in [2.05, 4.69) is 21.2 Å². The first-order valence-corrected chi connectivity index (χ1v) is 7.29. The Labute approximate surface area is 126 Å². The number of carbonyl (C=O) groups excluding carboxylic acids is 1. The van der Waals surface area contributed by atoms with Crippen molar-refractivity contribution in [1.29, 1.82) is 0 Å². The first-order chi connectivity index (χ1) is 9.58. The van der Waals surface area contributed by atoms with Crippen LogP contribution in [0.5, 0.6) is 5.75 Å². The van der Waals surface area contributed by atoms with Crippen molar-refractivity contribution in [3.05, 3.63) is 59.7 Å². The second-order valence-corrected chi connectivity index (χ2v) is 5.93. The van der Waals surface area contributed by atoms with Gasteiger partial charge in [-0.2, -0.15) is 0 Å². The Balaban J connectivity index is 2.11. The Morgan fingerprint density at radius 2 is 1.85 bits per heavy atom. The zero-order chi connectivity index (χ0) is 14.5. The molecule has 4 heteroatoms. The molecule has 0 aliphatic carbocycles. The highest BCUT2D eigenvalue weighted by Crippen LogP contribution is 2.28. The Bertz CT molecular complexity index is 611. The van der Waals surface area contributed by atoms with Crippen LogP contribution < -0.4 is 5.32 Å². The van der Waals surface area contributed by atoms with Crippen molar-refractivity contribution < 1.29 is 9.90 Å². The quantitative estimate of drug-likeness (QED) is 0.830. The maximum absolute atomic E-state index is 12.1. The second kappa shape index (κ2) is 6.57. The van der Waals surface area contributed by atoms with Crippen molar-refractivity contribution in [1.82, 2.24) is 0 Å². The van der Waals surface area contributed by atoms with Crippen molar-refractivity contribution >= 4 is 27.5 Å². The molecule has 1 unspecified atom stereocenters. The average molecular weight is 334 g/mol. The lowest BCUT2D eigenvalue weighted by molar-refractivity contribution is -0.115. The molecule has 0 aliphatic heterocycles. The van der Waals surface area contributed by atoms with Crippen LogP contribution in [0.15, 0.2) is 48.5 Å². The molecule has 0 bridgehead atoms. The zero-order valence-electron chi connectivity index (χ0n) is 11.1. The van der Waals surface area contributed by atoms with Crippen LogP contribution in [-0.2, 0) is 11.2 Å². The number of aromatic hydroxyl groups is 1. The third-order valence-corrected chi connectivity index (χ3v) is 3.50. The highest BCUT2D eigenvalue weighted by atomic mass is 79.9. The molecule has 0 spiro atoms. The molecule has 2 N–H and O–H groups in total. The zero-order valence-corrected chi connectivity index (χ0v) is 12.7. The van der Waals surface area contributed by atoms with Crippen molar-refractivity contribution in [2.45, 2.75) is 18.2 Å². The van der Waals surface area contributed by atoms with Gasteiger partial charge in [-0.1, -0.05) is 52.3 Å². The SMILES string of the molecule is CC(Br)c1ccccc1NC(=O)Cc1ccccc1O. The van der Waals surface area contributed by atoms with Crippen molar-refractivity contribution in [3.63, 3.8) is 0 Å². The molecule has 0 saturated heterocycles. The molecule has 1 amide bonds. The first-order valence-electron chi connectivity index (χ1n) is 6.37. The fourth-order valence-electron chi connectivity index (χ4n) is 1.99. The summed E-state index contributed by atoms with van der Waals surface area (Å²) in [6.45, 7) is 2.01. The Morgan fingerprint density at radius 3 is 2.55 bits per heavy atom. The number of hydrogen-bond donors (Lipinski definition) is 2. The van der Waals surface area contributed by atoms with Gasteiger partial charge in [-0.05, 0) is 24.6 Å². The van der Waals surface area contributed by atoms with Crippen LogP contribution in [0.4, 0.5) is 5.69 Å². The van der Waals surface area contributed by atoms with E-state index in [0.29, 0.717) is 5.56 Å². The molecular formula is C16H16BrNO2. The number of nitrogens with one attached hydrogen (secondary N) is 1. The Morgan fingerprint density at radius 1 is 1.20 bits per heavy atom. The van der Waals surface area contributed by atoms with E-state index >= 15 is 0 Å². The number of anilines is 1. The topological polar surface area (TPSA) is 49.3 Å². The number of alkyl halides is 1. The average Bonchev–Trinajstić information content (AvgIpc) is 2.41. The third-order valence-electron chi connectivity index (χ3n) is 3.01. The van der Waals surface area contributed by atoms with E-state index < -0.39 is 0 Å². The number of rotatable bonds is 4. The van der Waals surface area contributed by atoms with Crippen LogP contribution in [0, 0.1) is 0 Å². The number of amides is 1. The molecule has 20 heavy (non-hydrogen) atoms. The number of hydrogen-bond acceptors (Lipinski definition) is 2. The minimum absolute atomic E-state index is 0.143. The van der Waals surface area contributed by atoms with Crippen molar-refractivity contribution in [3.8, 4) is 5.75 Å². The molecule has 2 aromatic carbocycles. The van der Waals surface area contributed by atoms with Crippen LogP contribution in [0.25, 0.3) is 0 Å². The number of benzene rings is 2. The molecule has 0 aliphatic rings. The largest absolute Gasteiger partial charge is 0.508 e. The van der Waals surface area contributed by atoms with Gasteiger partial charge in [0.05, 0.1) is 6.42 Å². The molecule has 2 rings (SSSR count). The van der Waals surface area contributed by atoms with Gasteiger partial charge in [0.15, 0.2) is 0 Å². The van der Waals surface area contributed by atoms with Crippen molar-refractivity contribution in [2.24, 2.45) is 0 Å². The highest BCUT2D eigenvalue weighted by Gasteiger charge is 2.11. The van der Waals surface area contributed by atoms with E-state index in [9.17, 15) is 9.90 Å². The molecule has 0 fully saturated rings. The number of para-hydroxylation sites is 2. The summed E-state index contributed by atoms with van der Waals surface area (Å²) < 4.78 is 0. The van der Waals surface area contributed by atoms with Gasteiger partial charge in [0.1, 0.15) is 5.75 Å². The lowest BCUT2D eigenvalue weighted by Crippen LogP contribution is -2.15. The van der Waals surface area contributed by atoms with Gasteiger partial charge in [-0.25, -0.2) is 0 Å². The summed E-state index contributed by atoms with van der Waals surface area (Å²) in [4.78, 5) is 12.2. The smallest absolute Gasteiger partial charge is 0.228 e. The molecule has 0 aromatic heterocycles. The fourth-order valence-corrected chi connectivity index (χ4v) is 2.38. The van der Waals surface area contributed by atoms with Gasteiger partial charge in [0.2, 0.25) is 5.91 Å².